The van der Waals surface area contributed by atoms with E-state index in [1.807, 2.05) is 27.8 Å². The fraction of sp³-hybridized carbons (Fsp3) is 0.444. The average Bonchev–Trinajstić information content (AvgIpc) is 3.49. The van der Waals surface area contributed by atoms with Crippen LogP contribution in [0.25, 0.3) is 21.9 Å². The van der Waals surface area contributed by atoms with E-state index >= 15 is 0 Å². The zero-order chi connectivity index (χ0) is 24.3. The van der Waals surface area contributed by atoms with Gasteiger partial charge in [-0.2, -0.15) is 0 Å². The molecule has 8 heteroatoms. The molecule has 35 heavy (non-hydrogen) atoms. The fourth-order valence-electron chi connectivity index (χ4n) is 5.89. The molecule has 3 aromatic heterocycles. The number of nitrogens with two attached hydrogens (primary N) is 1. The van der Waals surface area contributed by atoms with Gasteiger partial charge < -0.3 is 25.1 Å². The molecule has 4 heterocycles. The summed E-state index contributed by atoms with van der Waals surface area (Å²) in [5.74, 6) is 1.22. The van der Waals surface area contributed by atoms with Crippen molar-refractivity contribution < 1.29 is 9.47 Å². The molecular formula is C27H32N6O2. The molecule has 2 fully saturated rings. The maximum atomic E-state index is 6.45. The molecule has 0 bridgehead atoms. The van der Waals surface area contributed by atoms with Gasteiger partial charge in [-0.15, -0.1) is 0 Å². The Bertz CT molecular complexity index is 1410. The molecule has 6 rings (SSSR count). The molecule has 1 aliphatic carbocycles. The van der Waals surface area contributed by atoms with E-state index in [9.17, 15) is 0 Å². The summed E-state index contributed by atoms with van der Waals surface area (Å²) >= 11 is 0. The Morgan fingerprint density at radius 1 is 1.14 bits per heavy atom. The minimum atomic E-state index is -0.595. The highest BCUT2D eigenvalue weighted by molar-refractivity contribution is 5.87. The minimum absolute atomic E-state index is 0.0142. The first-order chi connectivity index (χ1) is 16.8. The molecule has 2 aliphatic rings. The second-order valence-corrected chi connectivity index (χ2v) is 10.3. The number of hydrogen-bond acceptors (Lipinski definition) is 7. The van der Waals surface area contributed by atoms with Crippen molar-refractivity contribution in [1.29, 1.82) is 0 Å². The summed E-state index contributed by atoms with van der Waals surface area (Å²) in [6, 6.07) is 10.9. The normalized spacial score (nSPS) is 25.4. The number of hydrogen-bond donors (Lipinski definition) is 2. The van der Waals surface area contributed by atoms with E-state index in [4.69, 9.17) is 15.2 Å². The highest BCUT2D eigenvalue weighted by Crippen LogP contribution is 2.49. The van der Waals surface area contributed by atoms with Crippen LogP contribution in [0.1, 0.15) is 43.9 Å². The van der Waals surface area contributed by atoms with E-state index < -0.39 is 5.79 Å². The number of anilines is 2. The number of aromatic nitrogens is 4. The maximum Gasteiger partial charge on any atom is 0.163 e. The third kappa shape index (κ3) is 3.81. The summed E-state index contributed by atoms with van der Waals surface area (Å²) in [5.41, 5.74) is 10.2. The molecule has 1 saturated carbocycles. The topological polar surface area (TPSA) is 100 Å². The Hall–Kier alpha value is -3.23. The molecule has 1 saturated heterocycles. The SMILES string of the molecule is CNc1ncnc2c1ccn2[C@@H]1C[C@H](CCc2ccc3cc(C)c(N)nc3c2)[C@H]2OC(C)(C)O[C@H]21. The second-order valence-electron chi connectivity index (χ2n) is 10.3. The van der Waals surface area contributed by atoms with E-state index in [1.165, 1.54) is 5.56 Å². The Kier molecular flexibility index (Phi) is 5.19. The molecule has 0 radical (unpaired) electrons. The fourth-order valence-corrected chi connectivity index (χ4v) is 5.89. The predicted octanol–water partition coefficient (Wildman–Crippen LogP) is 4.63. The van der Waals surface area contributed by atoms with Crippen LogP contribution in [0.3, 0.4) is 0 Å². The van der Waals surface area contributed by atoms with E-state index in [1.54, 1.807) is 6.33 Å². The lowest BCUT2D eigenvalue weighted by molar-refractivity contribution is -0.160. The molecule has 182 valence electrons. The number of nitrogens with one attached hydrogen (secondary N) is 1. The number of fused-ring (bicyclic) bond motifs is 3. The molecule has 0 amide bonds. The van der Waals surface area contributed by atoms with E-state index in [-0.39, 0.29) is 18.2 Å². The van der Waals surface area contributed by atoms with Gasteiger partial charge in [-0.05, 0) is 75.3 Å². The molecule has 0 spiro atoms. The third-order valence-electron chi connectivity index (χ3n) is 7.57. The number of pyridine rings is 1. The van der Waals surface area contributed by atoms with Crippen molar-refractivity contribution in [2.45, 2.75) is 64.1 Å². The molecule has 1 aliphatic heterocycles. The summed E-state index contributed by atoms with van der Waals surface area (Å²) in [6.07, 6.45) is 6.71. The van der Waals surface area contributed by atoms with Crippen LogP contribution in [0.4, 0.5) is 11.6 Å². The van der Waals surface area contributed by atoms with Crippen LogP contribution in [0, 0.1) is 12.8 Å². The first-order valence-electron chi connectivity index (χ1n) is 12.3. The Morgan fingerprint density at radius 3 is 2.80 bits per heavy atom. The summed E-state index contributed by atoms with van der Waals surface area (Å²) < 4.78 is 15.2. The van der Waals surface area contributed by atoms with Gasteiger partial charge in [0, 0.05) is 18.6 Å². The van der Waals surface area contributed by atoms with Crippen molar-refractivity contribution >= 4 is 33.6 Å². The quantitative estimate of drug-likeness (QED) is 0.437. The van der Waals surface area contributed by atoms with Crippen molar-refractivity contribution in [3.8, 4) is 0 Å². The number of aryl methyl sites for hydroxylation is 2. The van der Waals surface area contributed by atoms with Gasteiger partial charge in [-0.25, -0.2) is 15.0 Å². The average molecular weight is 473 g/mol. The van der Waals surface area contributed by atoms with E-state index in [2.05, 4.69) is 61.4 Å². The van der Waals surface area contributed by atoms with E-state index in [0.29, 0.717) is 11.7 Å². The summed E-state index contributed by atoms with van der Waals surface area (Å²) in [5, 5.41) is 5.31. The van der Waals surface area contributed by atoms with Gasteiger partial charge in [0.2, 0.25) is 0 Å². The van der Waals surface area contributed by atoms with Crippen LogP contribution >= 0.6 is 0 Å². The molecule has 1 aromatic carbocycles. The highest BCUT2D eigenvalue weighted by atomic mass is 16.8. The largest absolute Gasteiger partial charge is 0.383 e. The van der Waals surface area contributed by atoms with Gasteiger partial charge >= 0.3 is 0 Å². The van der Waals surface area contributed by atoms with Gasteiger partial charge in [-0.1, -0.05) is 12.1 Å². The lowest BCUT2D eigenvalue weighted by atomic mass is 9.95. The van der Waals surface area contributed by atoms with Crippen LogP contribution in [-0.2, 0) is 15.9 Å². The lowest BCUT2D eigenvalue weighted by Gasteiger charge is -2.24. The number of rotatable bonds is 5. The van der Waals surface area contributed by atoms with Crippen LogP contribution in [0.2, 0.25) is 0 Å². The molecule has 0 unspecified atom stereocenters. The van der Waals surface area contributed by atoms with Gasteiger partial charge in [-0.3, -0.25) is 0 Å². The standard InChI is InChI=1S/C27H32N6O2/c1-15-11-17-7-5-16(12-20(17)32-24(15)28)6-8-18-13-21(23-22(18)34-27(2,3)35-23)33-10-9-19-25(29-4)30-14-31-26(19)33/h5,7,9-12,14,18,21-23H,6,8,13H2,1-4H3,(H2,28,32)(H,29,30,31)/t18-,21+,22+,23-/m0/s1. The first kappa shape index (κ1) is 22.2. The zero-order valence-corrected chi connectivity index (χ0v) is 20.7. The van der Waals surface area contributed by atoms with E-state index in [0.717, 1.165) is 52.6 Å². The highest BCUT2D eigenvalue weighted by Gasteiger charge is 2.54. The van der Waals surface area contributed by atoms with Crippen LogP contribution in [0.5, 0.6) is 0 Å². The van der Waals surface area contributed by atoms with Crippen molar-refractivity contribution in [3.05, 3.63) is 54.0 Å². The third-order valence-corrected chi connectivity index (χ3v) is 7.57. The number of ether oxygens (including phenoxy) is 2. The first-order valence-corrected chi connectivity index (χ1v) is 12.3. The summed E-state index contributed by atoms with van der Waals surface area (Å²) in [6.45, 7) is 6.01. The van der Waals surface area contributed by atoms with Crippen molar-refractivity contribution in [2.75, 3.05) is 18.1 Å². The lowest BCUT2D eigenvalue weighted by Crippen LogP contribution is -2.27. The van der Waals surface area contributed by atoms with Crippen LogP contribution in [-0.4, -0.2) is 44.6 Å². The summed E-state index contributed by atoms with van der Waals surface area (Å²) in [4.78, 5) is 13.6. The van der Waals surface area contributed by atoms with Crippen LogP contribution in [0.15, 0.2) is 42.9 Å². The van der Waals surface area contributed by atoms with Gasteiger partial charge in [0.15, 0.2) is 5.79 Å². The Balaban J connectivity index is 1.27. The van der Waals surface area contributed by atoms with Gasteiger partial charge in [0.05, 0.1) is 23.0 Å². The Labute approximate surface area is 204 Å². The van der Waals surface area contributed by atoms with Crippen molar-refractivity contribution in [2.24, 2.45) is 5.92 Å². The Morgan fingerprint density at radius 2 is 1.97 bits per heavy atom. The minimum Gasteiger partial charge on any atom is -0.383 e. The van der Waals surface area contributed by atoms with Crippen molar-refractivity contribution in [1.82, 2.24) is 19.5 Å². The summed E-state index contributed by atoms with van der Waals surface area (Å²) in [7, 11) is 1.88. The van der Waals surface area contributed by atoms with Gasteiger partial charge in [0.1, 0.15) is 29.7 Å². The van der Waals surface area contributed by atoms with Gasteiger partial charge in [0.25, 0.3) is 0 Å². The van der Waals surface area contributed by atoms with Crippen molar-refractivity contribution in [3.63, 3.8) is 0 Å². The molecule has 3 N–H and O–H groups in total. The number of benzene rings is 1. The predicted molar refractivity (Wildman–Crippen MR) is 137 cm³/mol. The molecule has 4 atom stereocenters. The molecular weight excluding hydrogens is 440 g/mol. The smallest absolute Gasteiger partial charge is 0.163 e. The van der Waals surface area contributed by atoms with Crippen LogP contribution < -0.4 is 11.1 Å². The second kappa shape index (κ2) is 8.17. The number of nitrogens with zero attached hydrogens (tertiary/aromatic N) is 4. The maximum absolute atomic E-state index is 6.45. The monoisotopic (exact) mass is 472 g/mol. The molecule has 8 nitrogen and oxygen atoms in total. The zero-order valence-electron chi connectivity index (χ0n) is 20.7. The molecule has 4 aromatic rings. The number of nitrogen functional groups attached to an aromatic ring is 1.